The molecule has 146 valence electrons. The van der Waals surface area contributed by atoms with Gasteiger partial charge in [0.25, 0.3) is 0 Å². The zero-order valence-electron chi connectivity index (χ0n) is 16.2. The van der Waals surface area contributed by atoms with Crippen LogP contribution in [0.5, 0.6) is 5.75 Å². The summed E-state index contributed by atoms with van der Waals surface area (Å²) in [4.78, 5) is 11.1. The second kappa shape index (κ2) is 11.2. The van der Waals surface area contributed by atoms with Crippen LogP contribution in [-0.4, -0.2) is 37.7 Å². The van der Waals surface area contributed by atoms with Crippen LogP contribution in [0.4, 0.5) is 0 Å². The number of ether oxygens (including phenoxy) is 4. The van der Waals surface area contributed by atoms with Crippen LogP contribution >= 0.6 is 0 Å². The number of rotatable bonds is 10. The Morgan fingerprint density at radius 1 is 1.15 bits per heavy atom. The van der Waals surface area contributed by atoms with Crippen LogP contribution in [0.15, 0.2) is 24.3 Å². The van der Waals surface area contributed by atoms with Crippen LogP contribution in [0.2, 0.25) is 0 Å². The molecule has 26 heavy (non-hydrogen) atoms. The van der Waals surface area contributed by atoms with Gasteiger partial charge in [0, 0.05) is 26.4 Å². The van der Waals surface area contributed by atoms with Crippen molar-refractivity contribution in [3.63, 3.8) is 0 Å². The van der Waals surface area contributed by atoms with Crippen LogP contribution < -0.4 is 4.74 Å². The van der Waals surface area contributed by atoms with Gasteiger partial charge in [-0.3, -0.25) is 4.79 Å². The Morgan fingerprint density at radius 3 is 2.62 bits per heavy atom. The summed E-state index contributed by atoms with van der Waals surface area (Å²) < 4.78 is 22.5. The Balaban J connectivity index is 1.61. The molecule has 1 aliphatic rings. The zero-order valence-corrected chi connectivity index (χ0v) is 16.2. The van der Waals surface area contributed by atoms with Crippen molar-refractivity contribution in [1.82, 2.24) is 0 Å². The van der Waals surface area contributed by atoms with Crippen LogP contribution in [0.1, 0.15) is 58.4 Å². The summed E-state index contributed by atoms with van der Waals surface area (Å²) in [7, 11) is 0. The van der Waals surface area contributed by atoms with Crippen LogP contribution in [-0.2, 0) is 25.4 Å². The number of hydrogen-bond donors (Lipinski definition) is 0. The molecule has 2 rings (SSSR count). The number of carbonyl (C=O) groups is 1. The van der Waals surface area contributed by atoms with Crippen molar-refractivity contribution in [2.24, 2.45) is 0 Å². The van der Waals surface area contributed by atoms with E-state index in [-0.39, 0.29) is 24.5 Å². The minimum absolute atomic E-state index is 0.0477. The Morgan fingerprint density at radius 2 is 1.92 bits per heavy atom. The summed E-state index contributed by atoms with van der Waals surface area (Å²) in [5.41, 5.74) is 1.31. The van der Waals surface area contributed by atoms with E-state index in [9.17, 15) is 4.79 Å². The molecule has 1 aliphatic heterocycles. The fourth-order valence-corrected chi connectivity index (χ4v) is 3.11. The monoisotopic (exact) mass is 364 g/mol. The number of aryl methyl sites for hydroxylation is 1. The van der Waals surface area contributed by atoms with Gasteiger partial charge in [-0.2, -0.15) is 0 Å². The quantitative estimate of drug-likeness (QED) is 0.458. The van der Waals surface area contributed by atoms with E-state index < -0.39 is 0 Å². The van der Waals surface area contributed by atoms with Crippen molar-refractivity contribution in [2.45, 2.75) is 77.8 Å². The predicted molar refractivity (Wildman–Crippen MR) is 100 cm³/mol. The standard InChI is InChI=1S/C21H32O5/c1-4-12-23-19-10-8-18(9-11-19)7-5-6-13-24-21-15-20(26-17(3)22)14-16(2)25-21/h8-11,16,20-21H,4-7,12-15H2,1-3H3. The van der Waals surface area contributed by atoms with E-state index in [4.69, 9.17) is 18.9 Å². The van der Waals surface area contributed by atoms with Crippen molar-refractivity contribution in [3.8, 4) is 5.75 Å². The lowest BCUT2D eigenvalue weighted by Crippen LogP contribution is -2.38. The third-order valence-electron chi connectivity index (χ3n) is 4.33. The highest BCUT2D eigenvalue weighted by Gasteiger charge is 2.29. The molecule has 0 aliphatic carbocycles. The molecule has 5 nitrogen and oxygen atoms in total. The van der Waals surface area contributed by atoms with Gasteiger partial charge >= 0.3 is 5.97 Å². The lowest BCUT2D eigenvalue weighted by atomic mass is 10.1. The highest BCUT2D eigenvalue weighted by atomic mass is 16.7. The van der Waals surface area contributed by atoms with E-state index in [2.05, 4.69) is 19.1 Å². The van der Waals surface area contributed by atoms with Gasteiger partial charge in [0.2, 0.25) is 0 Å². The van der Waals surface area contributed by atoms with Crippen molar-refractivity contribution < 1.29 is 23.7 Å². The van der Waals surface area contributed by atoms with Gasteiger partial charge in [-0.25, -0.2) is 0 Å². The summed E-state index contributed by atoms with van der Waals surface area (Å²) in [6.45, 7) is 6.95. The first-order valence-electron chi connectivity index (χ1n) is 9.72. The van der Waals surface area contributed by atoms with Crippen LogP contribution in [0.25, 0.3) is 0 Å². The van der Waals surface area contributed by atoms with E-state index in [1.165, 1.54) is 12.5 Å². The predicted octanol–water partition coefficient (Wildman–Crippen LogP) is 4.27. The number of carbonyl (C=O) groups excluding carboxylic acids is 1. The van der Waals surface area contributed by atoms with Gasteiger partial charge in [-0.15, -0.1) is 0 Å². The summed E-state index contributed by atoms with van der Waals surface area (Å²) >= 11 is 0. The molecule has 0 aromatic heterocycles. The molecule has 0 bridgehead atoms. The van der Waals surface area contributed by atoms with E-state index in [1.54, 1.807) is 0 Å². The molecule has 1 heterocycles. The van der Waals surface area contributed by atoms with Crippen molar-refractivity contribution in [2.75, 3.05) is 13.2 Å². The molecule has 0 amide bonds. The first kappa shape index (κ1) is 20.7. The first-order valence-corrected chi connectivity index (χ1v) is 9.72. The summed E-state index contributed by atoms with van der Waals surface area (Å²) in [5.74, 6) is 0.693. The maximum absolute atomic E-state index is 11.1. The SMILES string of the molecule is CCCOc1ccc(CCCCOC2CC(OC(C)=O)CC(C)O2)cc1. The normalized spacial score (nSPS) is 22.8. The number of esters is 1. The maximum Gasteiger partial charge on any atom is 0.302 e. The third-order valence-corrected chi connectivity index (χ3v) is 4.33. The van der Waals surface area contributed by atoms with E-state index in [0.717, 1.165) is 44.5 Å². The van der Waals surface area contributed by atoms with Gasteiger partial charge in [-0.1, -0.05) is 19.1 Å². The molecule has 0 saturated carbocycles. The highest BCUT2D eigenvalue weighted by molar-refractivity contribution is 5.66. The molecule has 5 heteroatoms. The lowest BCUT2D eigenvalue weighted by molar-refractivity contribution is -0.217. The summed E-state index contributed by atoms with van der Waals surface area (Å²) in [6.07, 6.45) is 5.09. The number of unbranched alkanes of at least 4 members (excludes halogenated alkanes) is 1. The van der Waals surface area contributed by atoms with Crippen LogP contribution in [0.3, 0.4) is 0 Å². The van der Waals surface area contributed by atoms with Crippen LogP contribution in [0, 0.1) is 0 Å². The van der Waals surface area contributed by atoms with Crippen molar-refractivity contribution in [3.05, 3.63) is 29.8 Å². The highest BCUT2D eigenvalue weighted by Crippen LogP contribution is 2.23. The second-order valence-electron chi connectivity index (χ2n) is 6.90. The smallest absolute Gasteiger partial charge is 0.302 e. The summed E-state index contributed by atoms with van der Waals surface area (Å²) in [5, 5.41) is 0. The molecule has 1 saturated heterocycles. The summed E-state index contributed by atoms with van der Waals surface area (Å²) in [6, 6.07) is 8.32. The molecule has 1 fully saturated rings. The maximum atomic E-state index is 11.1. The second-order valence-corrected chi connectivity index (χ2v) is 6.90. The zero-order chi connectivity index (χ0) is 18.8. The van der Waals surface area contributed by atoms with Gasteiger partial charge < -0.3 is 18.9 Å². The molecule has 1 aromatic rings. The number of hydrogen-bond acceptors (Lipinski definition) is 5. The van der Waals surface area contributed by atoms with Gasteiger partial charge in [-0.05, 0) is 50.3 Å². The van der Waals surface area contributed by atoms with Gasteiger partial charge in [0.1, 0.15) is 11.9 Å². The molecular formula is C21H32O5. The molecule has 0 spiro atoms. The Bertz CT molecular complexity index is 528. The Hall–Kier alpha value is -1.59. The Kier molecular flexibility index (Phi) is 8.92. The molecule has 0 radical (unpaired) electrons. The number of benzene rings is 1. The lowest BCUT2D eigenvalue weighted by Gasteiger charge is -2.33. The van der Waals surface area contributed by atoms with Gasteiger partial charge in [0.05, 0.1) is 12.7 Å². The van der Waals surface area contributed by atoms with Crippen molar-refractivity contribution in [1.29, 1.82) is 0 Å². The Labute approximate surface area is 157 Å². The third kappa shape index (κ3) is 7.75. The average molecular weight is 364 g/mol. The van der Waals surface area contributed by atoms with E-state index in [0.29, 0.717) is 13.0 Å². The largest absolute Gasteiger partial charge is 0.494 e. The first-order chi connectivity index (χ1) is 12.6. The van der Waals surface area contributed by atoms with E-state index in [1.807, 2.05) is 19.1 Å². The van der Waals surface area contributed by atoms with E-state index >= 15 is 0 Å². The molecule has 1 aromatic carbocycles. The molecule has 3 atom stereocenters. The van der Waals surface area contributed by atoms with Crippen molar-refractivity contribution >= 4 is 5.97 Å². The fourth-order valence-electron chi connectivity index (χ4n) is 3.11. The average Bonchev–Trinajstić information content (AvgIpc) is 2.59. The molecular weight excluding hydrogens is 332 g/mol. The minimum Gasteiger partial charge on any atom is -0.494 e. The van der Waals surface area contributed by atoms with Gasteiger partial charge in [0.15, 0.2) is 6.29 Å². The molecule has 0 N–H and O–H groups in total. The molecule has 3 unspecified atom stereocenters. The minimum atomic E-state index is -0.280. The fraction of sp³-hybridized carbons (Fsp3) is 0.667. The topological polar surface area (TPSA) is 54.0 Å².